The quantitative estimate of drug-likeness (QED) is 0.701. The maximum atomic E-state index is 12.9. The first-order valence-electron chi connectivity index (χ1n) is 9.36. The van der Waals surface area contributed by atoms with E-state index in [2.05, 4.69) is 5.32 Å². The summed E-state index contributed by atoms with van der Waals surface area (Å²) in [6.07, 6.45) is 1.88. The van der Waals surface area contributed by atoms with Crippen LogP contribution in [0.2, 0.25) is 5.02 Å². The summed E-state index contributed by atoms with van der Waals surface area (Å²) in [7, 11) is 0. The predicted molar refractivity (Wildman–Crippen MR) is 110 cm³/mol. The van der Waals surface area contributed by atoms with Crippen molar-refractivity contribution in [3.63, 3.8) is 0 Å². The number of halogens is 1. The van der Waals surface area contributed by atoms with Crippen molar-refractivity contribution in [3.05, 3.63) is 70.7 Å². The van der Waals surface area contributed by atoms with Crippen molar-refractivity contribution in [1.29, 1.82) is 0 Å². The number of nitrogens with zero attached hydrogens (tertiary/aromatic N) is 1. The van der Waals surface area contributed by atoms with Crippen LogP contribution in [0.25, 0.3) is 0 Å². The van der Waals surface area contributed by atoms with Crippen molar-refractivity contribution in [2.75, 3.05) is 6.54 Å². The second kappa shape index (κ2) is 10.7. The van der Waals surface area contributed by atoms with Crippen LogP contribution < -0.4 is 5.32 Å². The van der Waals surface area contributed by atoms with E-state index in [4.69, 9.17) is 11.6 Å². The van der Waals surface area contributed by atoms with Gasteiger partial charge in [-0.2, -0.15) is 0 Å². The molecule has 0 aliphatic rings. The Morgan fingerprint density at radius 1 is 1.04 bits per heavy atom. The first-order chi connectivity index (χ1) is 13.0. The molecular formula is C22H27ClN2O2. The number of hydrogen-bond donors (Lipinski definition) is 1. The summed E-state index contributed by atoms with van der Waals surface area (Å²) >= 11 is 5.95. The Hall–Kier alpha value is -2.33. The minimum atomic E-state index is -0.532. The molecule has 0 aromatic heterocycles. The van der Waals surface area contributed by atoms with Gasteiger partial charge >= 0.3 is 0 Å². The molecule has 0 aliphatic heterocycles. The van der Waals surface area contributed by atoms with Crippen LogP contribution >= 0.6 is 11.6 Å². The molecule has 0 spiro atoms. The Bertz CT molecular complexity index is 732. The number of nitrogens with one attached hydrogen (secondary N) is 1. The van der Waals surface area contributed by atoms with Crippen LogP contribution in [0.5, 0.6) is 0 Å². The second-order valence-corrected chi connectivity index (χ2v) is 7.04. The second-order valence-electron chi connectivity index (χ2n) is 6.60. The molecule has 0 bridgehead atoms. The van der Waals surface area contributed by atoms with Crippen LogP contribution in [0.4, 0.5) is 0 Å². The molecule has 0 heterocycles. The van der Waals surface area contributed by atoms with Gasteiger partial charge in [-0.1, -0.05) is 61.0 Å². The summed E-state index contributed by atoms with van der Waals surface area (Å²) in [4.78, 5) is 27.0. The van der Waals surface area contributed by atoms with Crippen LogP contribution in [-0.2, 0) is 22.6 Å². The Kier molecular flexibility index (Phi) is 8.34. The molecule has 5 heteroatoms. The molecule has 0 saturated carbocycles. The fourth-order valence-corrected chi connectivity index (χ4v) is 2.93. The average Bonchev–Trinajstić information content (AvgIpc) is 2.70. The van der Waals surface area contributed by atoms with E-state index in [1.807, 2.05) is 49.4 Å². The smallest absolute Gasteiger partial charge is 0.242 e. The largest absolute Gasteiger partial charge is 0.354 e. The lowest BCUT2D eigenvalue weighted by atomic mass is 10.1. The molecule has 0 aliphatic carbocycles. The Morgan fingerprint density at radius 3 is 2.33 bits per heavy atom. The monoisotopic (exact) mass is 386 g/mol. The third-order valence-corrected chi connectivity index (χ3v) is 4.71. The van der Waals surface area contributed by atoms with Gasteiger partial charge in [0.2, 0.25) is 11.8 Å². The summed E-state index contributed by atoms with van der Waals surface area (Å²) in [5, 5.41) is 3.53. The standard InChI is InChI=1S/C22H27ClN2O2/c1-3-15-24-22(27)17(2)25(16-19-9-12-20(23)13-10-19)21(26)14-11-18-7-5-4-6-8-18/h4-10,12-13,17H,3,11,14-16H2,1-2H3,(H,24,27). The first kappa shape index (κ1) is 21.0. The zero-order chi connectivity index (χ0) is 19.6. The SMILES string of the molecule is CCCNC(=O)C(C)N(Cc1ccc(Cl)cc1)C(=O)CCc1ccccc1. The molecule has 1 unspecified atom stereocenters. The molecule has 1 atom stereocenters. The zero-order valence-electron chi connectivity index (χ0n) is 16.0. The van der Waals surface area contributed by atoms with E-state index in [1.54, 1.807) is 24.0 Å². The molecule has 4 nitrogen and oxygen atoms in total. The summed E-state index contributed by atoms with van der Waals surface area (Å²) in [6, 6.07) is 16.7. The van der Waals surface area contributed by atoms with Crippen molar-refractivity contribution in [3.8, 4) is 0 Å². The van der Waals surface area contributed by atoms with Gasteiger partial charge in [-0.15, -0.1) is 0 Å². The Morgan fingerprint density at radius 2 is 1.70 bits per heavy atom. The molecule has 0 saturated heterocycles. The van der Waals surface area contributed by atoms with Gasteiger partial charge < -0.3 is 10.2 Å². The van der Waals surface area contributed by atoms with E-state index in [9.17, 15) is 9.59 Å². The van der Waals surface area contributed by atoms with Gasteiger partial charge in [0.1, 0.15) is 6.04 Å². The number of carbonyl (C=O) groups is 2. The van der Waals surface area contributed by atoms with Gasteiger partial charge in [-0.05, 0) is 43.0 Å². The van der Waals surface area contributed by atoms with Crippen LogP contribution in [0.15, 0.2) is 54.6 Å². The van der Waals surface area contributed by atoms with E-state index in [-0.39, 0.29) is 11.8 Å². The zero-order valence-corrected chi connectivity index (χ0v) is 16.7. The number of carbonyl (C=O) groups excluding carboxylic acids is 2. The molecule has 2 rings (SSSR count). The van der Waals surface area contributed by atoms with Gasteiger partial charge in [0.25, 0.3) is 0 Å². The van der Waals surface area contributed by atoms with Gasteiger partial charge in [-0.25, -0.2) is 0 Å². The lowest BCUT2D eigenvalue weighted by molar-refractivity contribution is -0.140. The molecule has 0 radical (unpaired) electrons. The molecule has 1 N–H and O–H groups in total. The van der Waals surface area contributed by atoms with Gasteiger partial charge in [0, 0.05) is 24.5 Å². The first-order valence-corrected chi connectivity index (χ1v) is 9.74. The van der Waals surface area contributed by atoms with E-state index in [0.29, 0.717) is 31.0 Å². The van der Waals surface area contributed by atoms with Crippen LogP contribution in [0.3, 0.4) is 0 Å². The number of amides is 2. The highest BCUT2D eigenvalue weighted by atomic mass is 35.5. The average molecular weight is 387 g/mol. The third kappa shape index (κ3) is 6.72. The molecular weight excluding hydrogens is 360 g/mol. The highest BCUT2D eigenvalue weighted by Gasteiger charge is 2.25. The third-order valence-electron chi connectivity index (χ3n) is 4.45. The van der Waals surface area contributed by atoms with Crippen LogP contribution in [0.1, 0.15) is 37.8 Å². The van der Waals surface area contributed by atoms with Gasteiger partial charge in [0.05, 0.1) is 0 Å². The Balaban J connectivity index is 2.10. The van der Waals surface area contributed by atoms with Crippen molar-refractivity contribution < 1.29 is 9.59 Å². The molecule has 144 valence electrons. The van der Waals surface area contributed by atoms with Crippen molar-refractivity contribution in [2.45, 2.75) is 45.7 Å². The fourth-order valence-electron chi connectivity index (χ4n) is 2.80. The highest BCUT2D eigenvalue weighted by Crippen LogP contribution is 2.15. The van der Waals surface area contributed by atoms with Gasteiger partial charge in [0.15, 0.2) is 0 Å². The van der Waals surface area contributed by atoms with E-state index < -0.39 is 6.04 Å². The van der Waals surface area contributed by atoms with Crippen molar-refractivity contribution >= 4 is 23.4 Å². The number of aryl methyl sites for hydroxylation is 1. The molecule has 0 fully saturated rings. The minimum absolute atomic E-state index is 0.0343. The highest BCUT2D eigenvalue weighted by molar-refractivity contribution is 6.30. The maximum Gasteiger partial charge on any atom is 0.242 e. The van der Waals surface area contributed by atoms with E-state index >= 15 is 0 Å². The number of benzene rings is 2. The van der Waals surface area contributed by atoms with Crippen LogP contribution in [0, 0.1) is 0 Å². The molecule has 2 aromatic carbocycles. The summed E-state index contributed by atoms with van der Waals surface area (Å²) < 4.78 is 0. The maximum absolute atomic E-state index is 12.9. The number of hydrogen-bond acceptors (Lipinski definition) is 2. The minimum Gasteiger partial charge on any atom is -0.354 e. The van der Waals surface area contributed by atoms with Gasteiger partial charge in [-0.3, -0.25) is 9.59 Å². The lowest BCUT2D eigenvalue weighted by Gasteiger charge is -2.29. The topological polar surface area (TPSA) is 49.4 Å². The molecule has 2 amide bonds. The normalized spacial score (nSPS) is 11.7. The summed E-state index contributed by atoms with van der Waals surface area (Å²) in [5.74, 6) is -0.160. The summed E-state index contributed by atoms with van der Waals surface area (Å²) in [5.41, 5.74) is 2.06. The predicted octanol–water partition coefficient (Wildman–Crippen LogP) is 4.22. The van der Waals surface area contributed by atoms with Crippen molar-refractivity contribution in [1.82, 2.24) is 10.2 Å². The van der Waals surface area contributed by atoms with Crippen molar-refractivity contribution in [2.24, 2.45) is 0 Å². The number of rotatable bonds is 9. The summed E-state index contributed by atoms with van der Waals surface area (Å²) in [6.45, 7) is 4.77. The molecule has 2 aromatic rings. The van der Waals surface area contributed by atoms with Crippen LogP contribution in [-0.4, -0.2) is 29.3 Å². The lowest BCUT2D eigenvalue weighted by Crippen LogP contribution is -2.47. The van der Waals surface area contributed by atoms with E-state index in [0.717, 1.165) is 17.5 Å². The fraction of sp³-hybridized carbons (Fsp3) is 0.364. The molecule has 27 heavy (non-hydrogen) atoms. The van der Waals surface area contributed by atoms with E-state index in [1.165, 1.54) is 0 Å². The Labute approximate surface area is 166 Å².